The van der Waals surface area contributed by atoms with E-state index in [-0.39, 0.29) is 30.0 Å². The monoisotopic (exact) mass is 577 g/mol. The van der Waals surface area contributed by atoms with E-state index in [4.69, 9.17) is 9.47 Å². The number of likely N-dealkylation sites (tertiary alicyclic amines) is 1. The maximum Gasteiger partial charge on any atom is 0.410 e. The summed E-state index contributed by atoms with van der Waals surface area (Å²) in [5.41, 5.74) is 1.34. The zero-order chi connectivity index (χ0) is 29.9. The lowest BCUT2D eigenvalue weighted by atomic mass is 9.99. The topological polar surface area (TPSA) is 105 Å². The molecule has 2 aromatic rings. The number of benzene rings is 1. The van der Waals surface area contributed by atoms with E-state index in [2.05, 4.69) is 9.97 Å². The lowest BCUT2D eigenvalue weighted by molar-refractivity contribution is 0.0142. The Balaban J connectivity index is 1.18. The summed E-state index contributed by atoms with van der Waals surface area (Å²) in [5, 5.41) is 0. The molecule has 3 amide bonds. The fraction of sp³-hybridized carbons (Fsp3) is 0.594. The van der Waals surface area contributed by atoms with E-state index >= 15 is 0 Å². The predicted octanol–water partition coefficient (Wildman–Crippen LogP) is 4.65. The van der Waals surface area contributed by atoms with E-state index in [9.17, 15) is 14.4 Å². The molecule has 42 heavy (non-hydrogen) atoms. The van der Waals surface area contributed by atoms with Crippen LogP contribution in [0.4, 0.5) is 4.79 Å². The fourth-order valence-electron chi connectivity index (χ4n) is 5.75. The first-order valence-electron chi connectivity index (χ1n) is 15.2. The van der Waals surface area contributed by atoms with Gasteiger partial charge in [0.1, 0.15) is 5.60 Å². The van der Waals surface area contributed by atoms with Gasteiger partial charge in [0, 0.05) is 75.5 Å². The van der Waals surface area contributed by atoms with Crippen LogP contribution in [0.2, 0.25) is 0 Å². The summed E-state index contributed by atoms with van der Waals surface area (Å²) >= 11 is 0. The summed E-state index contributed by atoms with van der Waals surface area (Å²) in [5.74, 6) is 0.910. The maximum absolute atomic E-state index is 13.6. The minimum atomic E-state index is -0.531. The minimum absolute atomic E-state index is 0.00741. The van der Waals surface area contributed by atoms with Crippen molar-refractivity contribution in [3.8, 4) is 11.4 Å². The Hall–Kier alpha value is -3.53. The largest absolute Gasteiger partial charge is 0.444 e. The third kappa shape index (κ3) is 7.45. The van der Waals surface area contributed by atoms with Crippen molar-refractivity contribution >= 4 is 17.9 Å². The number of carbonyl (C=O) groups excluding carboxylic acids is 3. The number of piperidine rings is 1. The molecule has 10 nitrogen and oxygen atoms in total. The highest BCUT2D eigenvalue weighted by Crippen LogP contribution is 2.33. The Labute approximate surface area is 248 Å². The van der Waals surface area contributed by atoms with E-state index < -0.39 is 5.60 Å². The van der Waals surface area contributed by atoms with Gasteiger partial charge in [0.2, 0.25) is 0 Å². The zero-order valence-corrected chi connectivity index (χ0v) is 25.3. The van der Waals surface area contributed by atoms with Crippen molar-refractivity contribution < 1.29 is 23.9 Å². The van der Waals surface area contributed by atoms with Crippen LogP contribution in [0.1, 0.15) is 80.0 Å². The second kappa shape index (κ2) is 12.8. The van der Waals surface area contributed by atoms with Crippen molar-refractivity contribution in [3.63, 3.8) is 0 Å². The lowest BCUT2D eigenvalue weighted by Gasteiger charge is -2.39. The van der Waals surface area contributed by atoms with Gasteiger partial charge in [0.05, 0.1) is 5.56 Å². The minimum Gasteiger partial charge on any atom is -0.444 e. The highest BCUT2D eigenvalue weighted by molar-refractivity contribution is 5.95. The van der Waals surface area contributed by atoms with Crippen molar-refractivity contribution in [2.45, 2.75) is 77.0 Å². The van der Waals surface area contributed by atoms with Crippen molar-refractivity contribution in [1.29, 1.82) is 0 Å². The van der Waals surface area contributed by atoms with Crippen molar-refractivity contribution in [2.75, 3.05) is 39.9 Å². The molecule has 5 rings (SSSR count). The Bertz CT molecular complexity index is 1240. The molecule has 2 saturated heterocycles. The van der Waals surface area contributed by atoms with Gasteiger partial charge in [-0.25, -0.2) is 14.8 Å². The first kappa shape index (κ1) is 29.9. The molecular weight excluding hydrogens is 534 g/mol. The van der Waals surface area contributed by atoms with Crippen LogP contribution in [0, 0.1) is 5.92 Å². The van der Waals surface area contributed by atoms with Gasteiger partial charge in [0.15, 0.2) is 5.82 Å². The molecule has 1 aromatic heterocycles. The number of hydrogen-bond acceptors (Lipinski definition) is 7. The van der Waals surface area contributed by atoms with E-state index in [1.807, 2.05) is 44.9 Å². The quantitative estimate of drug-likeness (QED) is 0.472. The summed E-state index contributed by atoms with van der Waals surface area (Å²) in [6.07, 6.45) is 8.28. The second-order valence-corrected chi connectivity index (χ2v) is 12.8. The fourth-order valence-corrected chi connectivity index (χ4v) is 5.75. The summed E-state index contributed by atoms with van der Waals surface area (Å²) in [7, 11) is 1.85. The van der Waals surface area contributed by atoms with Crippen LogP contribution < -0.4 is 0 Å². The van der Waals surface area contributed by atoms with Gasteiger partial charge >= 0.3 is 6.09 Å². The average Bonchev–Trinajstić information content (AvgIpc) is 3.82. The Morgan fingerprint density at radius 3 is 2.05 bits per heavy atom. The molecule has 2 aliphatic heterocycles. The van der Waals surface area contributed by atoms with E-state index in [1.165, 1.54) is 0 Å². The first-order valence-corrected chi connectivity index (χ1v) is 15.2. The molecule has 0 bridgehead atoms. The number of aromatic nitrogens is 2. The molecule has 0 atom stereocenters. The number of nitrogens with zero attached hydrogens (tertiary/aromatic N) is 5. The molecule has 1 saturated carbocycles. The van der Waals surface area contributed by atoms with Crippen molar-refractivity contribution in [2.24, 2.45) is 5.92 Å². The summed E-state index contributed by atoms with van der Waals surface area (Å²) < 4.78 is 10.9. The molecule has 3 aliphatic rings. The van der Waals surface area contributed by atoms with Gasteiger partial charge in [-0.3, -0.25) is 9.59 Å². The third-order valence-corrected chi connectivity index (χ3v) is 8.19. The molecule has 0 radical (unpaired) electrons. The van der Waals surface area contributed by atoms with Crippen LogP contribution >= 0.6 is 0 Å². The van der Waals surface area contributed by atoms with Crippen LogP contribution in [-0.4, -0.2) is 100 Å². The number of hydrogen-bond donors (Lipinski definition) is 0. The van der Waals surface area contributed by atoms with Gasteiger partial charge in [-0.05, 0) is 77.3 Å². The smallest absolute Gasteiger partial charge is 0.410 e. The molecule has 1 aromatic carbocycles. The summed E-state index contributed by atoms with van der Waals surface area (Å²) in [4.78, 5) is 53.5. The number of ether oxygens (including phenoxy) is 2. The van der Waals surface area contributed by atoms with E-state index in [0.29, 0.717) is 36.0 Å². The van der Waals surface area contributed by atoms with Gasteiger partial charge in [-0.15, -0.1) is 0 Å². The van der Waals surface area contributed by atoms with Crippen LogP contribution in [0.15, 0.2) is 36.7 Å². The molecule has 3 heterocycles. The zero-order valence-electron chi connectivity index (χ0n) is 25.3. The van der Waals surface area contributed by atoms with Crippen LogP contribution in [0.3, 0.4) is 0 Å². The van der Waals surface area contributed by atoms with Gasteiger partial charge in [0.25, 0.3) is 11.8 Å². The number of amides is 3. The second-order valence-electron chi connectivity index (χ2n) is 12.8. The Morgan fingerprint density at radius 2 is 1.48 bits per heavy atom. The summed E-state index contributed by atoms with van der Waals surface area (Å²) in [6, 6.07) is 7.60. The normalized spacial score (nSPS) is 18.4. The molecular formula is C32H43N5O5. The first-order chi connectivity index (χ1) is 20.1. The average molecular weight is 578 g/mol. The highest BCUT2D eigenvalue weighted by atomic mass is 16.6. The number of rotatable bonds is 7. The van der Waals surface area contributed by atoms with Gasteiger partial charge < -0.3 is 24.2 Å². The molecule has 10 heteroatoms. The van der Waals surface area contributed by atoms with Crippen LogP contribution in [-0.2, 0) is 9.47 Å². The lowest BCUT2D eigenvalue weighted by Crippen LogP contribution is -2.50. The van der Waals surface area contributed by atoms with Crippen molar-refractivity contribution in [1.82, 2.24) is 24.7 Å². The molecule has 0 unspecified atom stereocenters. The molecule has 0 spiro atoms. The van der Waals surface area contributed by atoms with Crippen LogP contribution in [0.5, 0.6) is 0 Å². The van der Waals surface area contributed by atoms with Crippen molar-refractivity contribution in [3.05, 3.63) is 47.8 Å². The third-order valence-electron chi connectivity index (χ3n) is 8.19. The summed E-state index contributed by atoms with van der Waals surface area (Å²) in [6.45, 7) is 8.98. The van der Waals surface area contributed by atoms with E-state index in [0.717, 1.165) is 63.8 Å². The SMILES string of the molecule is CN(CC1CCOCC1)C(=O)c1ccc(-c2ncc(C(=O)N(C3CC3)C3CCN(C(=O)OC(C)(C)C)CC3)cn2)cc1. The standard InChI is InChI=1S/C32H43N5O5/c1-32(2,3)42-31(40)36-15-11-27(12-16-36)37(26-9-10-26)30(39)25-19-33-28(34-20-25)23-5-7-24(8-6-23)29(38)35(4)21-22-13-17-41-18-14-22/h5-8,19-20,22,26-27H,9-18,21H2,1-4H3. The van der Waals surface area contributed by atoms with Gasteiger partial charge in [-0.1, -0.05) is 12.1 Å². The van der Waals surface area contributed by atoms with E-state index in [1.54, 1.807) is 34.3 Å². The van der Waals surface area contributed by atoms with Gasteiger partial charge in [-0.2, -0.15) is 0 Å². The van der Waals surface area contributed by atoms with Crippen LogP contribution in [0.25, 0.3) is 11.4 Å². The molecule has 3 fully saturated rings. The highest BCUT2D eigenvalue weighted by Gasteiger charge is 2.40. The molecule has 0 N–H and O–H groups in total. The molecule has 1 aliphatic carbocycles. The Kier molecular flexibility index (Phi) is 9.11. The number of carbonyl (C=O) groups is 3. The predicted molar refractivity (Wildman–Crippen MR) is 158 cm³/mol. The maximum atomic E-state index is 13.6. The molecule has 226 valence electrons. The Morgan fingerprint density at radius 1 is 0.881 bits per heavy atom.